The fraction of sp³-hybridized carbons (Fsp3) is 0.923. The first-order valence-electron chi connectivity index (χ1n) is 6.52. The number of hydrogen-bond donors (Lipinski definition) is 1. The first-order valence-corrected chi connectivity index (χ1v) is 6.52. The lowest BCUT2D eigenvalue weighted by Gasteiger charge is -2.16. The highest BCUT2D eigenvalue weighted by molar-refractivity contribution is 5.76. The maximum Gasteiger partial charge on any atom is 0.222 e. The summed E-state index contributed by atoms with van der Waals surface area (Å²) in [5.41, 5.74) is 0. The van der Waals surface area contributed by atoms with Crippen molar-refractivity contribution in [1.82, 2.24) is 10.2 Å². The Bertz CT molecular complexity index is 218. The van der Waals surface area contributed by atoms with Gasteiger partial charge in [0.25, 0.3) is 0 Å². The molecule has 0 radical (unpaired) electrons. The highest BCUT2D eigenvalue weighted by Gasteiger charge is 2.28. The van der Waals surface area contributed by atoms with Gasteiger partial charge in [-0.2, -0.15) is 0 Å². The number of nitrogens with zero attached hydrogens (tertiary/aromatic N) is 1. The zero-order chi connectivity index (χ0) is 12.1. The average molecular weight is 226 g/mol. The molecule has 0 saturated carbocycles. The van der Waals surface area contributed by atoms with E-state index in [9.17, 15) is 4.79 Å². The molecule has 1 saturated heterocycles. The largest absolute Gasteiger partial charge is 0.342 e. The molecule has 0 bridgehead atoms. The van der Waals surface area contributed by atoms with E-state index >= 15 is 0 Å². The van der Waals surface area contributed by atoms with Gasteiger partial charge in [0.1, 0.15) is 0 Å². The van der Waals surface area contributed by atoms with Crippen LogP contribution in [-0.4, -0.2) is 36.5 Å². The predicted molar refractivity (Wildman–Crippen MR) is 67.3 cm³/mol. The van der Waals surface area contributed by atoms with E-state index in [0.717, 1.165) is 26.1 Å². The van der Waals surface area contributed by atoms with Gasteiger partial charge in [-0.15, -0.1) is 0 Å². The molecule has 0 aromatic rings. The van der Waals surface area contributed by atoms with Gasteiger partial charge in [-0.3, -0.25) is 4.79 Å². The molecule has 1 amide bonds. The highest BCUT2D eigenvalue weighted by atomic mass is 16.2. The summed E-state index contributed by atoms with van der Waals surface area (Å²) >= 11 is 0. The molecular formula is C13H26N2O. The number of amides is 1. The number of carbonyl (C=O) groups is 1. The summed E-state index contributed by atoms with van der Waals surface area (Å²) in [7, 11) is 0. The third-order valence-electron chi connectivity index (χ3n) is 3.46. The molecule has 16 heavy (non-hydrogen) atoms. The molecule has 3 heteroatoms. The zero-order valence-corrected chi connectivity index (χ0v) is 11.1. The SMILES string of the molecule is CC(C)NCCCC(=O)N1CC(C)C(C)C1. The normalized spacial score (nSPS) is 25.4. The third-order valence-corrected chi connectivity index (χ3v) is 3.46. The molecule has 0 aliphatic carbocycles. The van der Waals surface area contributed by atoms with Gasteiger partial charge in [-0.05, 0) is 24.8 Å². The summed E-state index contributed by atoms with van der Waals surface area (Å²) in [6.45, 7) is 11.6. The van der Waals surface area contributed by atoms with Crippen LogP contribution in [0.4, 0.5) is 0 Å². The van der Waals surface area contributed by atoms with Crippen molar-refractivity contribution in [2.24, 2.45) is 11.8 Å². The molecule has 2 atom stereocenters. The maximum atomic E-state index is 11.9. The van der Waals surface area contributed by atoms with Gasteiger partial charge in [0, 0.05) is 25.6 Å². The summed E-state index contributed by atoms with van der Waals surface area (Å²) in [4.78, 5) is 13.9. The molecule has 0 aromatic heterocycles. The lowest BCUT2D eigenvalue weighted by atomic mass is 10.0. The average Bonchev–Trinajstić information content (AvgIpc) is 2.54. The first-order chi connectivity index (χ1) is 7.50. The molecular weight excluding hydrogens is 200 g/mol. The molecule has 1 rings (SSSR count). The first kappa shape index (κ1) is 13.5. The van der Waals surface area contributed by atoms with Crippen LogP contribution < -0.4 is 5.32 Å². The number of hydrogen-bond acceptors (Lipinski definition) is 2. The minimum Gasteiger partial charge on any atom is -0.342 e. The Morgan fingerprint density at radius 3 is 2.38 bits per heavy atom. The second kappa shape index (κ2) is 6.24. The van der Waals surface area contributed by atoms with Crippen molar-refractivity contribution in [3.8, 4) is 0 Å². The van der Waals surface area contributed by atoms with Gasteiger partial charge in [-0.1, -0.05) is 27.7 Å². The monoisotopic (exact) mass is 226 g/mol. The van der Waals surface area contributed by atoms with Crippen molar-refractivity contribution in [3.63, 3.8) is 0 Å². The number of likely N-dealkylation sites (tertiary alicyclic amines) is 1. The van der Waals surface area contributed by atoms with Crippen molar-refractivity contribution in [1.29, 1.82) is 0 Å². The Morgan fingerprint density at radius 2 is 1.88 bits per heavy atom. The van der Waals surface area contributed by atoms with Crippen molar-refractivity contribution >= 4 is 5.91 Å². The molecule has 1 aliphatic rings. The molecule has 2 unspecified atom stereocenters. The van der Waals surface area contributed by atoms with Crippen LogP contribution >= 0.6 is 0 Å². The minimum atomic E-state index is 0.335. The summed E-state index contributed by atoms with van der Waals surface area (Å²) in [5.74, 6) is 1.66. The van der Waals surface area contributed by atoms with E-state index in [1.807, 2.05) is 4.90 Å². The smallest absolute Gasteiger partial charge is 0.222 e. The highest BCUT2D eigenvalue weighted by Crippen LogP contribution is 2.22. The second-order valence-corrected chi connectivity index (χ2v) is 5.47. The summed E-state index contributed by atoms with van der Waals surface area (Å²) < 4.78 is 0. The van der Waals surface area contributed by atoms with E-state index in [1.54, 1.807) is 0 Å². The number of nitrogens with one attached hydrogen (secondary N) is 1. The number of carbonyl (C=O) groups excluding carboxylic acids is 1. The van der Waals surface area contributed by atoms with E-state index in [0.29, 0.717) is 30.2 Å². The summed E-state index contributed by atoms with van der Waals surface area (Å²) in [5, 5.41) is 3.34. The summed E-state index contributed by atoms with van der Waals surface area (Å²) in [6.07, 6.45) is 1.65. The van der Waals surface area contributed by atoms with Crippen molar-refractivity contribution in [2.45, 2.75) is 46.6 Å². The second-order valence-electron chi connectivity index (χ2n) is 5.47. The molecule has 0 aromatic carbocycles. The lowest BCUT2D eigenvalue weighted by Crippen LogP contribution is -2.30. The summed E-state index contributed by atoms with van der Waals surface area (Å²) in [6, 6.07) is 0.516. The third kappa shape index (κ3) is 4.12. The van der Waals surface area contributed by atoms with Crippen LogP contribution in [0.15, 0.2) is 0 Å². The van der Waals surface area contributed by atoms with Crippen LogP contribution in [0.3, 0.4) is 0 Å². The topological polar surface area (TPSA) is 32.3 Å². The van der Waals surface area contributed by atoms with Gasteiger partial charge in [-0.25, -0.2) is 0 Å². The van der Waals surface area contributed by atoms with Crippen molar-refractivity contribution in [3.05, 3.63) is 0 Å². The fourth-order valence-corrected chi connectivity index (χ4v) is 2.12. The van der Waals surface area contributed by atoms with Crippen LogP contribution in [0.5, 0.6) is 0 Å². The van der Waals surface area contributed by atoms with Gasteiger partial charge in [0.2, 0.25) is 5.91 Å². The minimum absolute atomic E-state index is 0.335. The fourth-order valence-electron chi connectivity index (χ4n) is 2.12. The molecule has 1 fully saturated rings. The lowest BCUT2D eigenvalue weighted by molar-refractivity contribution is -0.130. The quantitative estimate of drug-likeness (QED) is 0.726. The van der Waals surface area contributed by atoms with E-state index in [1.165, 1.54) is 0 Å². The van der Waals surface area contributed by atoms with Crippen molar-refractivity contribution in [2.75, 3.05) is 19.6 Å². The molecule has 0 spiro atoms. The Hall–Kier alpha value is -0.570. The van der Waals surface area contributed by atoms with Crippen LogP contribution in [0.1, 0.15) is 40.5 Å². The van der Waals surface area contributed by atoms with Crippen LogP contribution in [0.2, 0.25) is 0 Å². The van der Waals surface area contributed by atoms with Gasteiger partial charge in [0.05, 0.1) is 0 Å². The molecule has 3 nitrogen and oxygen atoms in total. The maximum absolute atomic E-state index is 11.9. The molecule has 1 heterocycles. The Labute approximate surface area is 99.6 Å². The predicted octanol–water partition coefficient (Wildman–Crippen LogP) is 1.88. The zero-order valence-electron chi connectivity index (χ0n) is 11.1. The number of rotatable bonds is 5. The van der Waals surface area contributed by atoms with Gasteiger partial charge in [0.15, 0.2) is 0 Å². The van der Waals surface area contributed by atoms with Gasteiger partial charge >= 0.3 is 0 Å². The van der Waals surface area contributed by atoms with E-state index in [2.05, 4.69) is 33.0 Å². The Morgan fingerprint density at radius 1 is 1.31 bits per heavy atom. The van der Waals surface area contributed by atoms with Crippen LogP contribution in [0, 0.1) is 11.8 Å². The van der Waals surface area contributed by atoms with E-state index in [-0.39, 0.29) is 0 Å². The van der Waals surface area contributed by atoms with Crippen LogP contribution in [-0.2, 0) is 4.79 Å². The van der Waals surface area contributed by atoms with Crippen molar-refractivity contribution < 1.29 is 4.79 Å². The Kier molecular flexibility index (Phi) is 5.26. The van der Waals surface area contributed by atoms with Crippen LogP contribution in [0.25, 0.3) is 0 Å². The Balaban J connectivity index is 2.16. The van der Waals surface area contributed by atoms with Gasteiger partial charge < -0.3 is 10.2 Å². The molecule has 94 valence electrons. The molecule has 1 aliphatic heterocycles. The van der Waals surface area contributed by atoms with E-state index < -0.39 is 0 Å². The standard InChI is InChI=1S/C13H26N2O/c1-10(2)14-7-5-6-13(16)15-8-11(3)12(4)9-15/h10-12,14H,5-9H2,1-4H3. The molecule has 1 N–H and O–H groups in total. The van der Waals surface area contributed by atoms with E-state index in [4.69, 9.17) is 0 Å².